The van der Waals surface area contributed by atoms with Crippen molar-refractivity contribution >= 4 is 17.5 Å². The van der Waals surface area contributed by atoms with Gasteiger partial charge in [-0.05, 0) is 64.4 Å². The smallest absolute Gasteiger partial charge is 0.238 e. The van der Waals surface area contributed by atoms with Crippen LogP contribution in [-0.4, -0.2) is 18.4 Å². The van der Waals surface area contributed by atoms with Gasteiger partial charge in [0.1, 0.15) is 5.75 Å². The molecule has 4 heteroatoms. The minimum Gasteiger partial charge on any atom is -0.494 e. The highest BCUT2D eigenvalue weighted by Crippen LogP contribution is 2.61. The fraction of sp³-hybridized carbons (Fsp3) is 0.355. The lowest BCUT2D eigenvalue weighted by Gasteiger charge is -2.46. The Morgan fingerprint density at radius 3 is 2.00 bits per heavy atom. The largest absolute Gasteiger partial charge is 0.494 e. The van der Waals surface area contributed by atoms with Gasteiger partial charge < -0.3 is 4.74 Å². The first-order valence-electron chi connectivity index (χ1n) is 12.8. The van der Waals surface area contributed by atoms with Crippen molar-refractivity contribution < 1.29 is 14.3 Å². The Balaban J connectivity index is 1.41. The first-order valence-corrected chi connectivity index (χ1v) is 12.8. The molecule has 1 saturated heterocycles. The molecule has 0 aromatic heterocycles. The van der Waals surface area contributed by atoms with Gasteiger partial charge in [0.25, 0.3) is 0 Å². The molecular weight excluding hydrogens is 434 g/mol. The minimum atomic E-state index is -0.363. The van der Waals surface area contributed by atoms with Crippen molar-refractivity contribution in [2.45, 2.75) is 51.4 Å². The molecule has 4 unspecified atom stereocenters. The number of hydrogen-bond acceptors (Lipinski definition) is 3. The number of imide groups is 1. The van der Waals surface area contributed by atoms with Crippen molar-refractivity contribution in [2.24, 2.45) is 11.8 Å². The maximum atomic E-state index is 13.9. The van der Waals surface area contributed by atoms with Gasteiger partial charge in [-0.1, -0.05) is 69.7 Å². The van der Waals surface area contributed by atoms with Crippen LogP contribution < -0.4 is 9.64 Å². The highest BCUT2D eigenvalue weighted by Gasteiger charge is 2.61. The molecule has 2 bridgehead atoms. The number of nitrogens with zero attached hydrogens (tertiary/aromatic N) is 1. The summed E-state index contributed by atoms with van der Waals surface area (Å²) in [6, 6.07) is 22.5. The monoisotopic (exact) mass is 465 g/mol. The van der Waals surface area contributed by atoms with Crippen molar-refractivity contribution in [3.8, 4) is 5.75 Å². The first-order chi connectivity index (χ1) is 17.0. The van der Waals surface area contributed by atoms with E-state index in [1.165, 1.54) is 32.7 Å². The van der Waals surface area contributed by atoms with Gasteiger partial charge in [0.2, 0.25) is 11.8 Å². The lowest BCUT2D eigenvalue weighted by Crippen LogP contribution is -2.41. The van der Waals surface area contributed by atoms with Gasteiger partial charge in [-0.25, -0.2) is 4.90 Å². The van der Waals surface area contributed by atoms with Crippen LogP contribution in [0.4, 0.5) is 5.69 Å². The third kappa shape index (κ3) is 3.26. The third-order valence-electron chi connectivity index (χ3n) is 8.09. The molecule has 1 heterocycles. The maximum Gasteiger partial charge on any atom is 0.238 e. The molecular formula is C31H31NO3. The standard InChI is InChI=1S/C31H31NO3/c1-4-5-16-35-21-13-11-20(12-14-21)32-30(33)28-26-22-8-6-7-9-23(22)27(29(28)31(32)34)25-17-19(18(2)3)10-15-24(25)26/h6-15,17-18,26-29H,4-5,16H2,1-3H3. The molecule has 3 aliphatic carbocycles. The lowest BCUT2D eigenvalue weighted by molar-refractivity contribution is -0.122. The number of carbonyl (C=O) groups is 2. The number of carbonyl (C=O) groups excluding carboxylic acids is 2. The molecule has 4 nitrogen and oxygen atoms in total. The average Bonchev–Trinajstić information content (AvgIpc) is 3.14. The second kappa shape index (κ2) is 8.37. The zero-order chi connectivity index (χ0) is 24.3. The van der Waals surface area contributed by atoms with E-state index in [-0.39, 0.29) is 35.5 Å². The van der Waals surface area contributed by atoms with Crippen LogP contribution >= 0.6 is 0 Å². The number of rotatable bonds is 6. The van der Waals surface area contributed by atoms with Crippen molar-refractivity contribution in [3.05, 3.63) is 94.5 Å². The molecule has 1 aliphatic heterocycles. The minimum absolute atomic E-state index is 0.0789. The summed E-state index contributed by atoms with van der Waals surface area (Å²) >= 11 is 0. The Labute approximate surface area is 206 Å². The van der Waals surface area contributed by atoms with Gasteiger partial charge in [-0.15, -0.1) is 0 Å². The van der Waals surface area contributed by atoms with E-state index in [1.54, 1.807) is 0 Å². The fourth-order valence-corrected chi connectivity index (χ4v) is 6.39. The summed E-state index contributed by atoms with van der Waals surface area (Å²) in [7, 11) is 0. The molecule has 4 atom stereocenters. The van der Waals surface area contributed by atoms with Crippen LogP contribution in [0, 0.1) is 11.8 Å². The summed E-state index contributed by atoms with van der Waals surface area (Å²) in [5.74, 6) is 0.108. The van der Waals surface area contributed by atoms with Gasteiger partial charge >= 0.3 is 0 Å². The van der Waals surface area contributed by atoms with Crippen LogP contribution in [0.3, 0.4) is 0 Å². The number of unbranched alkanes of at least 4 members (excludes halogenated alkanes) is 1. The van der Waals surface area contributed by atoms with Crippen LogP contribution in [-0.2, 0) is 9.59 Å². The highest BCUT2D eigenvalue weighted by molar-refractivity contribution is 6.23. The van der Waals surface area contributed by atoms with Gasteiger partial charge in [0.05, 0.1) is 24.1 Å². The predicted molar refractivity (Wildman–Crippen MR) is 137 cm³/mol. The zero-order valence-corrected chi connectivity index (χ0v) is 20.5. The molecule has 4 aliphatic rings. The molecule has 35 heavy (non-hydrogen) atoms. The third-order valence-corrected chi connectivity index (χ3v) is 8.09. The lowest BCUT2D eigenvalue weighted by atomic mass is 9.54. The molecule has 1 fully saturated rings. The number of amides is 2. The Morgan fingerprint density at radius 2 is 1.40 bits per heavy atom. The van der Waals surface area contributed by atoms with Crippen LogP contribution in [0.2, 0.25) is 0 Å². The number of hydrogen-bond donors (Lipinski definition) is 0. The number of benzene rings is 3. The molecule has 7 rings (SSSR count). The van der Waals surface area contributed by atoms with E-state index >= 15 is 0 Å². The predicted octanol–water partition coefficient (Wildman–Crippen LogP) is 6.39. The molecule has 0 radical (unpaired) electrons. The zero-order valence-electron chi connectivity index (χ0n) is 20.5. The fourth-order valence-electron chi connectivity index (χ4n) is 6.39. The summed E-state index contributed by atoms with van der Waals surface area (Å²) in [5.41, 5.74) is 6.75. The van der Waals surface area contributed by atoms with Crippen molar-refractivity contribution in [1.29, 1.82) is 0 Å². The Kier molecular flexibility index (Phi) is 5.28. The molecule has 0 saturated carbocycles. The normalized spacial score (nSPS) is 23.9. The summed E-state index contributed by atoms with van der Waals surface area (Å²) in [6.07, 6.45) is 2.07. The maximum absolute atomic E-state index is 13.9. The molecule has 2 amide bonds. The van der Waals surface area contributed by atoms with Crippen molar-refractivity contribution in [1.82, 2.24) is 0 Å². The number of anilines is 1. The van der Waals surface area contributed by atoms with Crippen molar-refractivity contribution in [3.63, 3.8) is 0 Å². The van der Waals surface area contributed by atoms with Gasteiger partial charge in [-0.3, -0.25) is 9.59 Å². The summed E-state index contributed by atoms with van der Waals surface area (Å²) in [6.45, 7) is 7.19. The molecule has 178 valence electrons. The summed E-state index contributed by atoms with van der Waals surface area (Å²) < 4.78 is 5.78. The second-order valence-corrected chi connectivity index (χ2v) is 10.4. The first kappa shape index (κ1) is 22.1. The quantitative estimate of drug-likeness (QED) is 0.313. The van der Waals surface area contributed by atoms with Crippen molar-refractivity contribution in [2.75, 3.05) is 11.5 Å². The van der Waals surface area contributed by atoms with Gasteiger partial charge in [0.15, 0.2) is 0 Å². The Morgan fingerprint density at radius 1 is 0.800 bits per heavy atom. The Bertz CT molecular complexity index is 1310. The van der Waals surface area contributed by atoms with E-state index in [0.717, 1.165) is 18.6 Å². The van der Waals surface area contributed by atoms with E-state index in [9.17, 15) is 9.59 Å². The van der Waals surface area contributed by atoms with Crippen LogP contribution in [0.15, 0.2) is 66.7 Å². The average molecular weight is 466 g/mol. The van der Waals surface area contributed by atoms with E-state index < -0.39 is 0 Å². The molecule has 3 aromatic carbocycles. The summed E-state index contributed by atoms with van der Waals surface area (Å²) in [5, 5.41) is 0. The topological polar surface area (TPSA) is 46.6 Å². The highest BCUT2D eigenvalue weighted by atomic mass is 16.5. The van der Waals surface area contributed by atoms with Crippen LogP contribution in [0.25, 0.3) is 0 Å². The van der Waals surface area contributed by atoms with E-state index in [1.807, 2.05) is 30.3 Å². The second-order valence-electron chi connectivity index (χ2n) is 10.4. The molecule has 3 aromatic rings. The Hall–Kier alpha value is -3.40. The molecule has 0 N–H and O–H groups in total. The molecule has 0 spiro atoms. The number of ether oxygens (including phenoxy) is 1. The van der Waals surface area contributed by atoms with Gasteiger partial charge in [-0.2, -0.15) is 0 Å². The van der Waals surface area contributed by atoms with E-state index in [4.69, 9.17) is 4.74 Å². The van der Waals surface area contributed by atoms with Crippen LogP contribution in [0.1, 0.15) is 79.2 Å². The summed E-state index contributed by atoms with van der Waals surface area (Å²) in [4.78, 5) is 29.3. The van der Waals surface area contributed by atoms with E-state index in [2.05, 4.69) is 57.2 Å². The van der Waals surface area contributed by atoms with Crippen LogP contribution in [0.5, 0.6) is 5.75 Å². The van der Waals surface area contributed by atoms with E-state index in [0.29, 0.717) is 18.2 Å². The SMILES string of the molecule is CCCCOc1ccc(N2C(=O)C3C4c5ccccc5C(c5cc(C(C)C)ccc54)C3C2=O)cc1. The van der Waals surface area contributed by atoms with Gasteiger partial charge in [0, 0.05) is 11.8 Å².